The maximum Gasteiger partial charge on any atom is 0.264 e. The summed E-state index contributed by atoms with van der Waals surface area (Å²) in [7, 11) is 1.68. The first-order chi connectivity index (χ1) is 11.2. The number of amides is 1. The molecule has 1 aliphatic heterocycles. The standard InChI is InChI=1S/C17H17N3O2S/c1-22-14-10-19(9-13-6-7-18-20(13)11-14)17(21)16-8-12-4-2-3-5-15(12)23-16/h2-8,14H,9-11H2,1H3/t14-/m1/s1. The highest BCUT2D eigenvalue weighted by atomic mass is 32.1. The second-order valence-electron chi connectivity index (χ2n) is 5.70. The number of benzene rings is 1. The van der Waals surface area contributed by atoms with E-state index in [1.54, 1.807) is 24.6 Å². The molecule has 5 nitrogen and oxygen atoms in total. The number of methoxy groups -OCH3 is 1. The van der Waals surface area contributed by atoms with E-state index in [2.05, 4.69) is 5.10 Å². The van der Waals surface area contributed by atoms with Gasteiger partial charge in [-0.05, 0) is 23.6 Å². The highest BCUT2D eigenvalue weighted by Crippen LogP contribution is 2.27. The van der Waals surface area contributed by atoms with E-state index in [4.69, 9.17) is 4.74 Å². The van der Waals surface area contributed by atoms with Gasteiger partial charge in [0.2, 0.25) is 0 Å². The minimum atomic E-state index is -0.0468. The highest BCUT2D eigenvalue weighted by molar-refractivity contribution is 7.20. The second kappa shape index (κ2) is 5.79. The van der Waals surface area contributed by atoms with Crippen molar-refractivity contribution in [2.45, 2.75) is 19.2 Å². The normalized spacial score (nSPS) is 18.0. The summed E-state index contributed by atoms with van der Waals surface area (Å²) in [6.07, 6.45) is 1.73. The van der Waals surface area contributed by atoms with Crippen LogP contribution >= 0.6 is 11.3 Å². The summed E-state index contributed by atoms with van der Waals surface area (Å²) in [5.74, 6) is 0.0582. The number of aromatic nitrogens is 2. The van der Waals surface area contributed by atoms with Gasteiger partial charge in [0.25, 0.3) is 5.91 Å². The molecule has 23 heavy (non-hydrogen) atoms. The van der Waals surface area contributed by atoms with Crippen LogP contribution in [0.3, 0.4) is 0 Å². The van der Waals surface area contributed by atoms with Crippen LogP contribution in [-0.4, -0.2) is 40.3 Å². The van der Waals surface area contributed by atoms with Gasteiger partial charge < -0.3 is 9.64 Å². The van der Waals surface area contributed by atoms with Crippen LogP contribution in [0.15, 0.2) is 42.6 Å². The Kier molecular flexibility index (Phi) is 3.63. The first-order valence-corrected chi connectivity index (χ1v) is 8.37. The van der Waals surface area contributed by atoms with Crippen molar-refractivity contribution < 1.29 is 9.53 Å². The Hall–Kier alpha value is -2.18. The fraction of sp³-hybridized carbons (Fsp3) is 0.294. The van der Waals surface area contributed by atoms with Gasteiger partial charge in [0.05, 0.1) is 29.8 Å². The molecule has 0 fully saturated rings. The Bertz CT molecular complexity index is 821. The lowest BCUT2D eigenvalue weighted by Crippen LogP contribution is -2.36. The van der Waals surface area contributed by atoms with Crippen molar-refractivity contribution in [1.29, 1.82) is 0 Å². The van der Waals surface area contributed by atoms with E-state index < -0.39 is 0 Å². The van der Waals surface area contributed by atoms with Crippen LogP contribution in [0.2, 0.25) is 0 Å². The van der Waals surface area contributed by atoms with Crippen LogP contribution in [0.5, 0.6) is 0 Å². The monoisotopic (exact) mass is 327 g/mol. The molecular formula is C17H17N3O2S. The van der Waals surface area contributed by atoms with Crippen LogP contribution in [0.1, 0.15) is 15.4 Å². The van der Waals surface area contributed by atoms with Crippen molar-refractivity contribution in [2.24, 2.45) is 0 Å². The van der Waals surface area contributed by atoms with Gasteiger partial charge in [-0.15, -0.1) is 11.3 Å². The molecule has 6 heteroatoms. The molecule has 0 saturated heterocycles. The fourth-order valence-corrected chi connectivity index (χ4v) is 3.99. The van der Waals surface area contributed by atoms with E-state index >= 15 is 0 Å². The van der Waals surface area contributed by atoms with Crippen molar-refractivity contribution in [3.05, 3.63) is 53.2 Å². The SMILES string of the molecule is CO[C@@H]1CN(C(=O)c2cc3ccccc3s2)Cc2ccnn2C1. The van der Waals surface area contributed by atoms with Crippen molar-refractivity contribution in [1.82, 2.24) is 14.7 Å². The van der Waals surface area contributed by atoms with Crippen LogP contribution in [0.25, 0.3) is 10.1 Å². The van der Waals surface area contributed by atoms with Crippen molar-refractivity contribution in [3.8, 4) is 0 Å². The quantitative estimate of drug-likeness (QED) is 0.727. The van der Waals surface area contributed by atoms with E-state index in [0.29, 0.717) is 19.6 Å². The van der Waals surface area contributed by atoms with Gasteiger partial charge >= 0.3 is 0 Å². The average molecular weight is 327 g/mol. The number of hydrogen-bond acceptors (Lipinski definition) is 4. The summed E-state index contributed by atoms with van der Waals surface area (Å²) in [6, 6.07) is 12.0. The lowest BCUT2D eigenvalue weighted by atomic mass is 10.2. The third kappa shape index (κ3) is 2.64. The third-order valence-electron chi connectivity index (χ3n) is 4.21. The molecule has 0 aliphatic carbocycles. The first-order valence-electron chi connectivity index (χ1n) is 7.56. The highest BCUT2D eigenvalue weighted by Gasteiger charge is 2.27. The largest absolute Gasteiger partial charge is 0.378 e. The van der Waals surface area contributed by atoms with Crippen molar-refractivity contribution >= 4 is 27.3 Å². The molecule has 1 aliphatic rings. The molecule has 3 heterocycles. The van der Waals surface area contributed by atoms with Gasteiger partial charge in [0.1, 0.15) is 0 Å². The number of rotatable bonds is 2. The summed E-state index contributed by atoms with van der Waals surface area (Å²) in [6.45, 7) is 1.81. The number of ether oxygens (including phenoxy) is 1. The molecular weight excluding hydrogens is 310 g/mol. The minimum Gasteiger partial charge on any atom is -0.378 e. The second-order valence-corrected chi connectivity index (χ2v) is 6.78. The van der Waals surface area contributed by atoms with Crippen LogP contribution in [0, 0.1) is 0 Å². The number of carbonyl (C=O) groups excluding carboxylic acids is 1. The number of hydrogen-bond donors (Lipinski definition) is 0. The molecule has 2 aromatic heterocycles. The maximum absolute atomic E-state index is 13.0. The van der Waals surface area contributed by atoms with Crippen LogP contribution < -0.4 is 0 Å². The summed E-state index contributed by atoms with van der Waals surface area (Å²) in [5.41, 5.74) is 1.04. The Balaban J connectivity index is 1.66. The predicted molar refractivity (Wildman–Crippen MR) is 89.6 cm³/mol. The summed E-state index contributed by atoms with van der Waals surface area (Å²) in [4.78, 5) is 15.6. The molecule has 0 radical (unpaired) electrons. The molecule has 1 aromatic carbocycles. The predicted octanol–water partition coefficient (Wildman–Crippen LogP) is 2.77. The van der Waals surface area contributed by atoms with Gasteiger partial charge in [-0.25, -0.2) is 0 Å². The van der Waals surface area contributed by atoms with E-state index in [0.717, 1.165) is 20.7 Å². The van der Waals surface area contributed by atoms with Crippen LogP contribution in [0.4, 0.5) is 0 Å². The molecule has 0 spiro atoms. The molecule has 3 aromatic rings. The maximum atomic E-state index is 13.0. The first kappa shape index (κ1) is 14.4. The number of carbonyl (C=O) groups is 1. The zero-order valence-electron chi connectivity index (χ0n) is 12.8. The lowest BCUT2D eigenvalue weighted by Gasteiger charge is -2.22. The fourth-order valence-electron chi connectivity index (χ4n) is 2.96. The molecule has 118 valence electrons. The van der Waals surface area contributed by atoms with Gasteiger partial charge in [0, 0.05) is 24.6 Å². The lowest BCUT2D eigenvalue weighted by molar-refractivity contribution is 0.0453. The Morgan fingerprint density at radius 2 is 2.17 bits per heavy atom. The Morgan fingerprint density at radius 3 is 3.00 bits per heavy atom. The van der Waals surface area contributed by atoms with E-state index in [9.17, 15) is 4.79 Å². The van der Waals surface area contributed by atoms with Gasteiger partial charge in [0.15, 0.2) is 0 Å². The number of fused-ring (bicyclic) bond motifs is 2. The number of thiophene rings is 1. The van der Waals surface area contributed by atoms with Gasteiger partial charge in [-0.2, -0.15) is 5.10 Å². The van der Waals surface area contributed by atoms with Gasteiger partial charge in [-0.3, -0.25) is 9.48 Å². The Morgan fingerprint density at radius 1 is 1.30 bits per heavy atom. The topological polar surface area (TPSA) is 47.4 Å². The molecule has 1 amide bonds. The van der Waals surface area contributed by atoms with Crippen LogP contribution in [-0.2, 0) is 17.8 Å². The molecule has 4 rings (SSSR count). The third-order valence-corrected chi connectivity index (χ3v) is 5.32. The van der Waals surface area contributed by atoms with Gasteiger partial charge in [-0.1, -0.05) is 18.2 Å². The van der Waals surface area contributed by atoms with Crippen molar-refractivity contribution in [2.75, 3.05) is 13.7 Å². The molecule has 0 N–H and O–H groups in total. The number of nitrogens with zero attached hydrogens (tertiary/aromatic N) is 3. The van der Waals surface area contributed by atoms with E-state index in [-0.39, 0.29) is 12.0 Å². The van der Waals surface area contributed by atoms with E-state index in [1.807, 2.05) is 46.0 Å². The summed E-state index contributed by atoms with van der Waals surface area (Å²) >= 11 is 1.54. The summed E-state index contributed by atoms with van der Waals surface area (Å²) < 4.78 is 8.58. The molecule has 1 atom stereocenters. The average Bonchev–Trinajstić information content (AvgIpc) is 3.15. The molecule has 0 saturated carbocycles. The van der Waals surface area contributed by atoms with E-state index in [1.165, 1.54) is 0 Å². The van der Waals surface area contributed by atoms with Crippen molar-refractivity contribution in [3.63, 3.8) is 0 Å². The molecule has 0 unspecified atom stereocenters. The summed E-state index contributed by atoms with van der Waals surface area (Å²) in [5, 5.41) is 5.43. The molecule has 0 bridgehead atoms. The smallest absolute Gasteiger partial charge is 0.264 e. The minimum absolute atomic E-state index is 0.0468. The Labute approximate surface area is 138 Å². The zero-order valence-corrected chi connectivity index (χ0v) is 13.6. The zero-order chi connectivity index (χ0) is 15.8.